The first-order valence-electron chi connectivity index (χ1n) is 8.98. The van der Waals surface area contributed by atoms with Crippen molar-refractivity contribution in [2.24, 2.45) is 17.6 Å². The van der Waals surface area contributed by atoms with E-state index in [9.17, 15) is 14.4 Å². The predicted molar refractivity (Wildman–Crippen MR) is 98.4 cm³/mol. The van der Waals surface area contributed by atoms with Crippen molar-refractivity contribution >= 4 is 23.4 Å². The van der Waals surface area contributed by atoms with Crippen LogP contribution in [0.15, 0.2) is 24.3 Å². The van der Waals surface area contributed by atoms with Crippen LogP contribution in [-0.4, -0.2) is 47.3 Å². The lowest BCUT2D eigenvalue weighted by molar-refractivity contribution is -0.132. The van der Waals surface area contributed by atoms with Gasteiger partial charge in [-0.3, -0.25) is 14.4 Å². The third kappa shape index (κ3) is 3.31. The Bertz CT molecular complexity index is 748. The predicted octanol–water partition coefficient (Wildman–Crippen LogP) is 0.959. The number of fused-ring (bicyclic) bond motifs is 2. The molecule has 7 nitrogen and oxygen atoms in total. The lowest BCUT2D eigenvalue weighted by Crippen LogP contribution is -2.56. The van der Waals surface area contributed by atoms with Crippen LogP contribution in [0.5, 0.6) is 0 Å². The average Bonchev–Trinajstić information content (AvgIpc) is 2.90. The molecule has 0 aromatic heterocycles. The first-order chi connectivity index (χ1) is 12.2. The van der Waals surface area contributed by atoms with Gasteiger partial charge in [0.15, 0.2) is 0 Å². The number of amides is 3. The van der Waals surface area contributed by atoms with E-state index in [0.29, 0.717) is 23.6 Å². The minimum atomic E-state index is -0.831. The number of benzene rings is 1. The number of para-hydroxylation sites is 1. The Kier molecular flexibility index (Phi) is 4.75. The van der Waals surface area contributed by atoms with Crippen LogP contribution in [0.2, 0.25) is 0 Å². The highest BCUT2D eigenvalue weighted by molar-refractivity contribution is 6.07. The fourth-order valence-corrected chi connectivity index (χ4v) is 3.84. The second kappa shape index (κ2) is 6.72. The van der Waals surface area contributed by atoms with Gasteiger partial charge >= 0.3 is 0 Å². The van der Waals surface area contributed by atoms with E-state index in [-0.39, 0.29) is 30.8 Å². The van der Waals surface area contributed by atoms with Gasteiger partial charge in [0.05, 0.1) is 28.7 Å². The minimum Gasteiger partial charge on any atom is -0.344 e. The molecular formula is C19H26N4O3. The normalized spacial score (nSPS) is 26.3. The van der Waals surface area contributed by atoms with E-state index in [1.165, 1.54) is 0 Å². The minimum absolute atomic E-state index is 0.175. The molecule has 3 rings (SSSR count). The van der Waals surface area contributed by atoms with Gasteiger partial charge in [0.25, 0.3) is 5.91 Å². The summed E-state index contributed by atoms with van der Waals surface area (Å²) in [6.45, 7) is 6.35. The van der Waals surface area contributed by atoms with Crippen molar-refractivity contribution in [3.05, 3.63) is 29.8 Å². The third-order valence-corrected chi connectivity index (χ3v) is 5.19. The number of carbonyl (C=O) groups is 3. The number of hydrogen-bond donors (Lipinski definition) is 3. The SMILES string of the molecule is CC(C)C[C@H](N)C(=O)N1C[C@H]2C(=O)Nc3ccccc3C(=O)N[C@@]2(C)C1. The molecule has 2 heterocycles. The van der Waals surface area contributed by atoms with Gasteiger partial charge in [-0.15, -0.1) is 0 Å². The lowest BCUT2D eigenvalue weighted by Gasteiger charge is -2.33. The zero-order chi connectivity index (χ0) is 19.1. The summed E-state index contributed by atoms with van der Waals surface area (Å²) in [4.78, 5) is 39.8. The summed E-state index contributed by atoms with van der Waals surface area (Å²) in [6, 6.07) is 6.29. The van der Waals surface area contributed by atoms with E-state index in [0.717, 1.165) is 0 Å². The molecule has 7 heteroatoms. The summed E-state index contributed by atoms with van der Waals surface area (Å²) in [7, 11) is 0. The van der Waals surface area contributed by atoms with Crippen LogP contribution in [-0.2, 0) is 9.59 Å². The standard InChI is InChI=1S/C19H26N4O3/c1-11(2)8-14(20)18(26)23-9-13-17(25)21-15-7-5-4-6-12(15)16(24)22-19(13,3)10-23/h4-7,11,13-14H,8-10,20H2,1-3H3,(H,21,25)(H,22,24)/t13-,14-,19-/m0/s1. The smallest absolute Gasteiger partial charge is 0.253 e. The topological polar surface area (TPSA) is 105 Å². The molecule has 1 saturated heterocycles. The molecular weight excluding hydrogens is 332 g/mol. The maximum absolute atomic E-state index is 12.8. The largest absolute Gasteiger partial charge is 0.344 e. The molecule has 2 aliphatic heterocycles. The summed E-state index contributed by atoms with van der Waals surface area (Å²) in [5.74, 6) is -0.860. The van der Waals surface area contributed by atoms with Gasteiger partial charge < -0.3 is 21.3 Å². The molecule has 0 spiro atoms. The van der Waals surface area contributed by atoms with E-state index < -0.39 is 17.5 Å². The quantitative estimate of drug-likeness (QED) is 0.748. The molecule has 1 aromatic carbocycles. The maximum atomic E-state index is 12.8. The number of hydrogen-bond acceptors (Lipinski definition) is 4. The summed E-state index contributed by atoms with van der Waals surface area (Å²) in [6.07, 6.45) is 0.584. The van der Waals surface area contributed by atoms with Gasteiger partial charge in [-0.1, -0.05) is 26.0 Å². The van der Waals surface area contributed by atoms with E-state index >= 15 is 0 Å². The number of nitrogens with one attached hydrogen (secondary N) is 2. The highest BCUT2D eigenvalue weighted by Crippen LogP contribution is 2.32. The molecule has 0 bridgehead atoms. The summed E-state index contributed by atoms with van der Waals surface area (Å²) < 4.78 is 0. The van der Waals surface area contributed by atoms with Crippen LogP contribution < -0.4 is 16.4 Å². The number of rotatable bonds is 3. The van der Waals surface area contributed by atoms with Crippen molar-refractivity contribution in [3.63, 3.8) is 0 Å². The monoisotopic (exact) mass is 358 g/mol. The van der Waals surface area contributed by atoms with Crippen molar-refractivity contribution in [2.45, 2.75) is 38.8 Å². The molecule has 4 N–H and O–H groups in total. The highest BCUT2D eigenvalue weighted by atomic mass is 16.2. The van der Waals surface area contributed by atoms with Gasteiger partial charge in [0, 0.05) is 13.1 Å². The van der Waals surface area contributed by atoms with Crippen molar-refractivity contribution in [1.82, 2.24) is 10.2 Å². The van der Waals surface area contributed by atoms with Crippen LogP contribution in [0.4, 0.5) is 5.69 Å². The molecule has 1 aromatic rings. The first kappa shape index (κ1) is 18.4. The Morgan fingerprint density at radius 1 is 1.35 bits per heavy atom. The van der Waals surface area contributed by atoms with Gasteiger partial charge in [0.1, 0.15) is 0 Å². The van der Waals surface area contributed by atoms with Gasteiger partial charge in [-0.05, 0) is 31.4 Å². The van der Waals surface area contributed by atoms with Gasteiger partial charge in [0.2, 0.25) is 11.8 Å². The summed E-state index contributed by atoms with van der Waals surface area (Å²) in [5.41, 5.74) is 6.12. The van der Waals surface area contributed by atoms with E-state index in [1.807, 2.05) is 20.8 Å². The Morgan fingerprint density at radius 3 is 2.73 bits per heavy atom. The highest BCUT2D eigenvalue weighted by Gasteiger charge is 2.50. The number of nitrogens with zero attached hydrogens (tertiary/aromatic N) is 1. The molecule has 0 saturated carbocycles. The van der Waals surface area contributed by atoms with Crippen molar-refractivity contribution in [2.75, 3.05) is 18.4 Å². The number of likely N-dealkylation sites (tertiary alicyclic amines) is 1. The van der Waals surface area contributed by atoms with Gasteiger partial charge in [-0.2, -0.15) is 0 Å². The number of anilines is 1. The van der Waals surface area contributed by atoms with E-state index in [1.54, 1.807) is 29.2 Å². The Labute approximate surface area is 153 Å². The van der Waals surface area contributed by atoms with Crippen molar-refractivity contribution < 1.29 is 14.4 Å². The van der Waals surface area contributed by atoms with E-state index in [4.69, 9.17) is 5.73 Å². The molecule has 0 radical (unpaired) electrons. The Morgan fingerprint density at radius 2 is 2.04 bits per heavy atom. The van der Waals surface area contributed by atoms with Crippen molar-refractivity contribution in [1.29, 1.82) is 0 Å². The summed E-state index contributed by atoms with van der Waals surface area (Å²) >= 11 is 0. The number of nitrogens with two attached hydrogens (primary N) is 1. The number of carbonyl (C=O) groups excluding carboxylic acids is 3. The van der Waals surface area contributed by atoms with Crippen LogP contribution >= 0.6 is 0 Å². The molecule has 26 heavy (non-hydrogen) atoms. The van der Waals surface area contributed by atoms with Crippen LogP contribution in [0.3, 0.4) is 0 Å². The maximum Gasteiger partial charge on any atom is 0.253 e. The van der Waals surface area contributed by atoms with Gasteiger partial charge in [-0.25, -0.2) is 0 Å². The first-order valence-corrected chi connectivity index (χ1v) is 8.98. The molecule has 2 aliphatic rings. The second-order valence-corrected chi connectivity index (χ2v) is 7.91. The van der Waals surface area contributed by atoms with Crippen molar-refractivity contribution in [3.8, 4) is 0 Å². The Balaban J connectivity index is 1.85. The Hall–Kier alpha value is -2.41. The second-order valence-electron chi connectivity index (χ2n) is 7.91. The van der Waals surface area contributed by atoms with Crippen LogP contribution in [0.25, 0.3) is 0 Å². The zero-order valence-electron chi connectivity index (χ0n) is 15.4. The average molecular weight is 358 g/mol. The lowest BCUT2D eigenvalue weighted by atomic mass is 9.86. The molecule has 0 unspecified atom stereocenters. The molecule has 1 fully saturated rings. The fourth-order valence-electron chi connectivity index (χ4n) is 3.84. The molecule has 0 aliphatic carbocycles. The molecule has 140 valence electrons. The van der Waals surface area contributed by atoms with Crippen LogP contribution in [0.1, 0.15) is 37.6 Å². The molecule has 3 atom stereocenters. The summed E-state index contributed by atoms with van der Waals surface area (Å²) in [5, 5.41) is 5.82. The third-order valence-electron chi connectivity index (χ3n) is 5.19. The molecule has 3 amide bonds. The van der Waals surface area contributed by atoms with E-state index in [2.05, 4.69) is 10.6 Å². The zero-order valence-corrected chi connectivity index (χ0v) is 15.4. The fraction of sp³-hybridized carbons (Fsp3) is 0.526. The van der Waals surface area contributed by atoms with Crippen LogP contribution in [0, 0.1) is 11.8 Å².